The molecule has 0 atom stereocenters. The molecule has 0 spiro atoms. The second-order valence-electron chi connectivity index (χ2n) is 7.11. The van der Waals surface area contributed by atoms with Crippen LogP contribution in [0.4, 0.5) is 0 Å². The lowest BCUT2D eigenvalue weighted by molar-refractivity contribution is 0.135. The molecule has 0 amide bonds. The number of fused-ring (bicyclic) bond motifs is 4. The first-order chi connectivity index (χ1) is 12.0. The predicted octanol–water partition coefficient (Wildman–Crippen LogP) is 4.71. The van der Waals surface area contributed by atoms with Crippen molar-refractivity contribution in [2.75, 3.05) is 0 Å². The third kappa shape index (κ3) is 2.04. The number of H-pyrrole nitrogens is 1. The Morgan fingerprint density at radius 1 is 1.24 bits per heavy atom. The van der Waals surface area contributed by atoms with Gasteiger partial charge in [-0.3, -0.25) is 0 Å². The lowest BCUT2D eigenvalue weighted by atomic mass is 9.93. The Bertz CT molecular complexity index is 1130. The van der Waals surface area contributed by atoms with Gasteiger partial charge in [0.05, 0.1) is 18.9 Å². The molecule has 0 fully saturated rings. The van der Waals surface area contributed by atoms with Crippen molar-refractivity contribution in [2.24, 2.45) is 0 Å². The number of nitrogens with one attached hydrogen (secondary N) is 1. The minimum absolute atomic E-state index is 0.434. The van der Waals surface area contributed by atoms with Crippen LogP contribution in [0.5, 0.6) is 0 Å². The smallest absolute Gasteiger partial charge is 0.161 e. The van der Waals surface area contributed by atoms with Gasteiger partial charge < -0.3 is 9.72 Å². The molecule has 1 aliphatic rings. The number of hydrogen-bond acceptors (Lipinski definition) is 4. The first-order valence-electron chi connectivity index (χ1n) is 8.60. The molecule has 0 saturated heterocycles. The summed E-state index contributed by atoms with van der Waals surface area (Å²) < 4.78 is 7.69. The molecule has 5 nitrogen and oxygen atoms in total. The summed E-state index contributed by atoms with van der Waals surface area (Å²) in [4.78, 5) is 9.52. The maximum absolute atomic E-state index is 5.78. The highest BCUT2D eigenvalue weighted by Crippen LogP contribution is 2.42. The van der Waals surface area contributed by atoms with Crippen molar-refractivity contribution in [1.29, 1.82) is 0 Å². The van der Waals surface area contributed by atoms with Crippen LogP contribution in [0.2, 0.25) is 0 Å². The van der Waals surface area contributed by atoms with E-state index in [9.17, 15) is 0 Å². The van der Waals surface area contributed by atoms with Crippen LogP contribution in [0.3, 0.4) is 0 Å². The fourth-order valence-electron chi connectivity index (χ4n) is 3.98. The molecule has 0 aliphatic carbocycles. The molecule has 0 aromatic carbocycles. The van der Waals surface area contributed by atoms with Crippen LogP contribution in [0.25, 0.3) is 27.1 Å². The Morgan fingerprint density at radius 3 is 2.84 bits per heavy atom. The van der Waals surface area contributed by atoms with E-state index in [1.807, 2.05) is 11.4 Å². The zero-order chi connectivity index (χ0) is 17.3. The van der Waals surface area contributed by atoms with Crippen molar-refractivity contribution in [3.63, 3.8) is 0 Å². The number of aromatic nitrogens is 4. The standard InChI is InChI=1S/C19H20N4OS/c1-9(2)15-16-10(3)8-25-19(16)21-17(15)12-5-23-18(20-11(4)22-23)14-7-24-6-13(12)14/h5,8-9,21H,6-7H2,1-4H3. The van der Waals surface area contributed by atoms with Gasteiger partial charge >= 0.3 is 0 Å². The molecule has 0 radical (unpaired) electrons. The summed E-state index contributed by atoms with van der Waals surface area (Å²) in [5.41, 5.74) is 8.46. The highest BCUT2D eigenvalue weighted by Gasteiger charge is 2.26. The average Bonchev–Trinajstić information content (AvgIpc) is 3.29. The van der Waals surface area contributed by atoms with E-state index < -0.39 is 0 Å². The zero-order valence-electron chi connectivity index (χ0n) is 14.8. The molecular formula is C19H20N4OS. The largest absolute Gasteiger partial charge is 0.372 e. The van der Waals surface area contributed by atoms with Gasteiger partial charge in [0.25, 0.3) is 0 Å². The minimum Gasteiger partial charge on any atom is -0.372 e. The summed E-state index contributed by atoms with van der Waals surface area (Å²) in [7, 11) is 0. The number of ether oxygens (including phenoxy) is 1. The SMILES string of the molecule is Cc1nc2c3c(c(-c4[nH]c5scc(C)c5c4C(C)C)cn2n1)COC3. The number of rotatable bonds is 2. The van der Waals surface area contributed by atoms with Crippen molar-refractivity contribution in [1.82, 2.24) is 19.6 Å². The topological polar surface area (TPSA) is 55.2 Å². The Hall–Kier alpha value is -2.18. The normalized spacial score (nSPS) is 14.3. The fraction of sp³-hybridized carbons (Fsp3) is 0.368. The van der Waals surface area contributed by atoms with E-state index in [1.165, 1.54) is 43.7 Å². The van der Waals surface area contributed by atoms with Crippen molar-refractivity contribution in [2.45, 2.75) is 46.8 Å². The molecule has 0 saturated carbocycles. The summed E-state index contributed by atoms with van der Waals surface area (Å²) in [5.74, 6) is 1.22. The molecule has 5 heterocycles. The van der Waals surface area contributed by atoms with Crippen molar-refractivity contribution in [3.05, 3.63) is 39.7 Å². The fourth-order valence-corrected chi connectivity index (χ4v) is 4.94. The van der Waals surface area contributed by atoms with Crippen LogP contribution in [0, 0.1) is 13.8 Å². The van der Waals surface area contributed by atoms with E-state index in [2.05, 4.69) is 47.4 Å². The van der Waals surface area contributed by atoms with Crippen molar-refractivity contribution in [3.8, 4) is 11.3 Å². The first kappa shape index (κ1) is 15.1. The molecular weight excluding hydrogens is 332 g/mol. The minimum atomic E-state index is 0.434. The number of aromatic amines is 1. The van der Waals surface area contributed by atoms with Crippen LogP contribution >= 0.6 is 11.3 Å². The van der Waals surface area contributed by atoms with E-state index >= 15 is 0 Å². The second kappa shape index (κ2) is 5.16. The summed E-state index contributed by atoms with van der Waals surface area (Å²) in [6, 6.07) is 0. The number of pyridine rings is 1. The third-order valence-corrected chi connectivity index (χ3v) is 6.05. The Kier molecular flexibility index (Phi) is 3.12. The Morgan fingerprint density at radius 2 is 2.04 bits per heavy atom. The van der Waals surface area contributed by atoms with Gasteiger partial charge in [-0.1, -0.05) is 13.8 Å². The molecule has 0 bridgehead atoms. The molecule has 5 rings (SSSR count). The van der Waals surface area contributed by atoms with Gasteiger partial charge in [-0.25, -0.2) is 9.50 Å². The number of thiophene rings is 1. The summed E-state index contributed by atoms with van der Waals surface area (Å²) in [6.07, 6.45) is 2.11. The van der Waals surface area contributed by atoms with E-state index in [0.717, 1.165) is 11.5 Å². The van der Waals surface area contributed by atoms with Gasteiger partial charge in [-0.05, 0) is 41.8 Å². The first-order valence-corrected chi connectivity index (χ1v) is 9.48. The molecule has 1 N–H and O–H groups in total. The third-order valence-electron chi connectivity index (χ3n) is 5.04. The van der Waals surface area contributed by atoms with Crippen molar-refractivity contribution >= 4 is 27.2 Å². The molecule has 4 aromatic heterocycles. The van der Waals surface area contributed by atoms with Crippen LogP contribution < -0.4 is 0 Å². The molecule has 1 aliphatic heterocycles. The monoisotopic (exact) mass is 352 g/mol. The maximum Gasteiger partial charge on any atom is 0.161 e. The van der Waals surface area contributed by atoms with Crippen LogP contribution in [-0.4, -0.2) is 19.6 Å². The summed E-state index contributed by atoms with van der Waals surface area (Å²) in [6.45, 7) is 9.89. The van der Waals surface area contributed by atoms with Gasteiger partial charge in [-0.2, -0.15) is 5.10 Å². The lowest BCUT2D eigenvalue weighted by Crippen LogP contribution is -2.00. The Balaban J connectivity index is 1.88. The van der Waals surface area contributed by atoms with Crippen LogP contribution in [0.15, 0.2) is 11.6 Å². The number of aryl methyl sites for hydroxylation is 2. The van der Waals surface area contributed by atoms with E-state index in [-0.39, 0.29) is 0 Å². The van der Waals surface area contributed by atoms with E-state index in [1.54, 1.807) is 11.3 Å². The quantitative estimate of drug-likeness (QED) is 0.568. The molecule has 128 valence electrons. The van der Waals surface area contributed by atoms with Crippen LogP contribution in [0.1, 0.15) is 47.8 Å². The van der Waals surface area contributed by atoms with Gasteiger partial charge in [0.1, 0.15) is 10.7 Å². The molecule has 6 heteroatoms. The lowest BCUT2D eigenvalue weighted by Gasteiger charge is -2.12. The summed E-state index contributed by atoms with van der Waals surface area (Å²) >= 11 is 1.78. The average molecular weight is 352 g/mol. The van der Waals surface area contributed by atoms with Crippen molar-refractivity contribution < 1.29 is 4.74 Å². The second-order valence-corrected chi connectivity index (χ2v) is 7.99. The van der Waals surface area contributed by atoms with Gasteiger partial charge in [0.2, 0.25) is 0 Å². The van der Waals surface area contributed by atoms with Gasteiger partial charge in [0, 0.05) is 22.7 Å². The molecule has 25 heavy (non-hydrogen) atoms. The summed E-state index contributed by atoms with van der Waals surface area (Å²) in [5, 5.41) is 8.15. The van der Waals surface area contributed by atoms with Gasteiger partial charge in [0.15, 0.2) is 5.65 Å². The highest BCUT2D eigenvalue weighted by atomic mass is 32.1. The maximum atomic E-state index is 5.78. The number of hydrogen-bond donors (Lipinski definition) is 1. The van der Waals surface area contributed by atoms with E-state index in [4.69, 9.17) is 4.74 Å². The van der Waals surface area contributed by atoms with E-state index in [0.29, 0.717) is 19.1 Å². The predicted molar refractivity (Wildman–Crippen MR) is 100 cm³/mol. The zero-order valence-corrected chi connectivity index (χ0v) is 15.6. The molecule has 4 aromatic rings. The van der Waals surface area contributed by atoms with Crippen LogP contribution in [-0.2, 0) is 18.0 Å². The number of nitrogens with zero attached hydrogens (tertiary/aromatic N) is 3. The molecule has 0 unspecified atom stereocenters. The highest BCUT2D eigenvalue weighted by molar-refractivity contribution is 7.17. The Labute approximate surface area is 149 Å². The van der Waals surface area contributed by atoms with Gasteiger partial charge in [-0.15, -0.1) is 11.3 Å².